The number of thioether (sulfide) groups is 1. The number of aliphatic carboxylic acids is 1. The van der Waals surface area contributed by atoms with Gasteiger partial charge in [-0.1, -0.05) is 25.2 Å². The maximum absolute atomic E-state index is 13.1. The zero-order valence-electron chi connectivity index (χ0n) is 15.8. The van der Waals surface area contributed by atoms with E-state index in [-0.39, 0.29) is 45.1 Å². The highest BCUT2D eigenvalue weighted by atomic mass is 32.2. The summed E-state index contributed by atoms with van der Waals surface area (Å²) in [6.45, 7) is 5.70. The van der Waals surface area contributed by atoms with E-state index in [1.54, 1.807) is 11.8 Å². The van der Waals surface area contributed by atoms with Gasteiger partial charge in [0.25, 0.3) is 0 Å². The van der Waals surface area contributed by atoms with Gasteiger partial charge in [0.2, 0.25) is 11.8 Å². The molecule has 7 nitrogen and oxygen atoms in total. The Bertz CT molecular complexity index is 970. The highest BCUT2D eigenvalue weighted by molar-refractivity contribution is 8.00. The Balaban J connectivity index is 1.59. The van der Waals surface area contributed by atoms with Gasteiger partial charge in [0.05, 0.1) is 16.9 Å². The number of nitrogens with one attached hydrogen (secondary N) is 1. The zero-order chi connectivity index (χ0) is 20.1. The predicted molar refractivity (Wildman–Crippen MR) is 103 cm³/mol. The van der Waals surface area contributed by atoms with Crippen molar-refractivity contribution in [2.75, 3.05) is 0 Å². The molecule has 2 aliphatic heterocycles. The van der Waals surface area contributed by atoms with Gasteiger partial charge in [-0.2, -0.15) is 0 Å². The van der Waals surface area contributed by atoms with Gasteiger partial charge in [-0.15, -0.1) is 11.8 Å². The third-order valence-electron chi connectivity index (χ3n) is 7.74. The van der Waals surface area contributed by atoms with E-state index in [2.05, 4.69) is 18.8 Å². The van der Waals surface area contributed by atoms with Crippen molar-refractivity contribution in [3.63, 3.8) is 0 Å². The van der Waals surface area contributed by atoms with Crippen LogP contribution in [0.3, 0.4) is 0 Å². The Kier molecular flexibility index (Phi) is 3.76. The normalized spacial score (nSPS) is 41.8. The molecule has 2 aliphatic carbocycles. The third-order valence-corrected chi connectivity index (χ3v) is 10.5. The fourth-order valence-corrected chi connectivity index (χ4v) is 9.60. The fraction of sp³-hybridized carbons (Fsp3) is 0.684. The first kappa shape index (κ1) is 18.4. The quantitative estimate of drug-likeness (QED) is 0.721. The van der Waals surface area contributed by atoms with Crippen molar-refractivity contribution in [2.24, 2.45) is 29.6 Å². The molecule has 5 rings (SSSR count). The van der Waals surface area contributed by atoms with Crippen molar-refractivity contribution in [3.05, 3.63) is 14.5 Å². The third kappa shape index (κ3) is 2.01. The number of carboxylic acid groups (broad SMARTS) is 1. The van der Waals surface area contributed by atoms with Gasteiger partial charge >= 0.3 is 10.8 Å². The molecule has 0 radical (unpaired) electrons. The maximum atomic E-state index is 13.1. The number of thiazole rings is 1. The molecule has 0 aromatic carbocycles. The smallest absolute Gasteiger partial charge is 0.326 e. The van der Waals surface area contributed by atoms with Crippen LogP contribution in [0.1, 0.15) is 38.5 Å². The monoisotopic (exact) mass is 422 g/mol. The Morgan fingerprint density at radius 1 is 1.29 bits per heavy atom. The first-order chi connectivity index (χ1) is 13.2. The number of carboxylic acids is 1. The lowest BCUT2D eigenvalue weighted by Crippen LogP contribution is -2.49. The molecule has 1 saturated heterocycles. The van der Waals surface area contributed by atoms with Crippen molar-refractivity contribution in [1.82, 2.24) is 9.88 Å². The van der Waals surface area contributed by atoms with Crippen LogP contribution in [0.5, 0.6) is 0 Å². The van der Waals surface area contributed by atoms with E-state index in [0.29, 0.717) is 0 Å². The number of amides is 2. The standard InChI is InChI=1S/C19H22N2O5S2/c1-4-19(3)11-7-5-8(12(11)27-14-13(19)28-18(26)20-14)10-9(7)15(22)21(16(10)23)6(2)17(24)25/h6-12H,4-5H2,1-3H3,(H,20,26)(H,24,25)/t6-,7+,8+,9+,10+,11+,12+,19+/m1/s1. The molecule has 9 heteroatoms. The van der Waals surface area contributed by atoms with E-state index in [1.165, 1.54) is 18.3 Å². The van der Waals surface area contributed by atoms with Gasteiger partial charge in [0, 0.05) is 15.5 Å². The van der Waals surface area contributed by atoms with Crippen LogP contribution in [0.25, 0.3) is 0 Å². The molecular weight excluding hydrogens is 400 g/mol. The van der Waals surface area contributed by atoms with Crippen LogP contribution in [0.4, 0.5) is 0 Å². The summed E-state index contributed by atoms with van der Waals surface area (Å²) in [5, 5.41) is 10.4. The molecule has 1 aromatic rings. The number of aromatic amines is 1. The van der Waals surface area contributed by atoms with Crippen LogP contribution < -0.4 is 4.87 Å². The lowest BCUT2D eigenvalue weighted by molar-refractivity contribution is -0.154. The Morgan fingerprint density at radius 3 is 2.54 bits per heavy atom. The second-order valence-electron chi connectivity index (χ2n) is 8.73. The minimum Gasteiger partial charge on any atom is -0.480 e. The summed E-state index contributed by atoms with van der Waals surface area (Å²) < 4.78 is 0. The summed E-state index contributed by atoms with van der Waals surface area (Å²) in [4.78, 5) is 54.6. The molecule has 150 valence electrons. The number of fused-ring (bicyclic) bond motifs is 9. The number of hydrogen-bond acceptors (Lipinski definition) is 6. The Morgan fingerprint density at radius 2 is 1.93 bits per heavy atom. The zero-order valence-corrected chi connectivity index (χ0v) is 17.4. The van der Waals surface area contributed by atoms with Crippen LogP contribution >= 0.6 is 23.1 Å². The number of rotatable bonds is 3. The highest BCUT2D eigenvalue weighted by Gasteiger charge is 2.71. The molecule has 2 saturated carbocycles. The lowest BCUT2D eigenvalue weighted by Gasteiger charge is -2.48. The average Bonchev–Trinajstić information content (AvgIpc) is 3.36. The van der Waals surface area contributed by atoms with Gasteiger partial charge < -0.3 is 10.1 Å². The number of aromatic nitrogens is 1. The second kappa shape index (κ2) is 5.72. The van der Waals surface area contributed by atoms with E-state index in [0.717, 1.165) is 27.6 Å². The molecule has 2 amide bonds. The van der Waals surface area contributed by atoms with E-state index < -0.39 is 23.8 Å². The van der Waals surface area contributed by atoms with Crippen LogP contribution in [0, 0.1) is 29.6 Å². The maximum Gasteiger partial charge on any atom is 0.326 e. The number of carbonyl (C=O) groups is 3. The highest BCUT2D eigenvalue weighted by Crippen LogP contribution is 2.69. The fourth-order valence-electron chi connectivity index (χ4n) is 6.41. The van der Waals surface area contributed by atoms with E-state index in [9.17, 15) is 24.3 Å². The molecule has 3 fully saturated rings. The van der Waals surface area contributed by atoms with E-state index in [4.69, 9.17) is 0 Å². The number of hydrogen-bond donors (Lipinski definition) is 2. The van der Waals surface area contributed by atoms with Gasteiger partial charge in [0.15, 0.2) is 0 Å². The lowest BCUT2D eigenvalue weighted by atomic mass is 9.62. The second-order valence-corrected chi connectivity index (χ2v) is 10.9. The SMILES string of the molecule is CC[C@]1(C)c2sc(=O)[nH]c2S[C@H]2[C@H]3C[C@@H]([C@@H]4C(=O)N([C@H](C)C(=O)O)C(=O)[C@@H]34)[C@@H]21. The molecule has 0 unspecified atom stereocenters. The van der Waals surface area contributed by atoms with Gasteiger partial charge in [-0.25, -0.2) is 4.79 Å². The summed E-state index contributed by atoms with van der Waals surface area (Å²) in [5.41, 5.74) is -0.214. The summed E-state index contributed by atoms with van der Waals surface area (Å²) in [5.74, 6) is -2.29. The summed E-state index contributed by atoms with van der Waals surface area (Å²) in [7, 11) is 0. The Labute approximate surface area is 169 Å². The number of H-pyrrole nitrogens is 1. The molecule has 3 heterocycles. The van der Waals surface area contributed by atoms with Crippen molar-refractivity contribution < 1.29 is 19.5 Å². The first-order valence-electron chi connectivity index (χ1n) is 9.70. The molecule has 2 bridgehead atoms. The topological polar surface area (TPSA) is 108 Å². The minimum atomic E-state index is -1.15. The van der Waals surface area contributed by atoms with E-state index >= 15 is 0 Å². The van der Waals surface area contributed by atoms with Gasteiger partial charge in [-0.05, 0) is 37.5 Å². The molecule has 28 heavy (non-hydrogen) atoms. The Hall–Kier alpha value is -1.61. The van der Waals surface area contributed by atoms with Crippen molar-refractivity contribution in [1.29, 1.82) is 0 Å². The molecule has 4 aliphatic rings. The van der Waals surface area contributed by atoms with Gasteiger partial charge in [-0.3, -0.25) is 19.3 Å². The van der Waals surface area contributed by atoms with Crippen LogP contribution in [0.15, 0.2) is 9.82 Å². The molecule has 2 N–H and O–H groups in total. The largest absolute Gasteiger partial charge is 0.480 e. The average molecular weight is 423 g/mol. The first-order valence-corrected chi connectivity index (χ1v) is 11.4. The van der Waals surface area contributed by atoms with Crippen molar-refractivity contribution >= 4 is 40.9 Å². The summed E-state index contributed by atoms with van der Waals surface area (Å²) >= 11 is 2.92. The summed E-state index contributed by atoms with van der Waals surface area (Å²) in [6.07, 6.45) is 1.69. The predicted octanol–water partition coefficient (Wildman–Crippen LogP) is 1.92. The van der Waals surface area contributed by atoms with Crippen LogP contribution in [0.2, 0.25) is 0 Å². The number of imide groups is 1. The number of likely N-dealkylation sites (tertiary alicyclic amines) is 1. The van der Waals surface area contributed by atoms with E-state index in [1.807, 2.05) is 0 Å². The number of carbonyl (C=O) groups excluding carboxylic acids is 2. The van der Waals surface area contributed by atoms with Crippen molar-refractivity contribution in [3.8, 4) is 0 Å². The van der Waals surface area contributed by atoms with Crippen molar-refractivity contribution in [2.45, 2.75) is 55.3 Å². The molecular formula is C19H22N2O5S2. The molecule has 1 aromatic heterocycles. The summed E-state index contributed by atoms with van der Waals surface area (Å²) in [6, 6.07) is -1.13. The number of nitrogens with zero attached hydrogens (tertiary/aromatic N) is 1. The minimum absolute atomic E-state index is 0.0508. The molecule has 8 atom stereocenters. The van der Waals surface area contributed by atoms with Crippen LogP contribution in [-0.2, 0) is 19.8 Å². The molecule has 0 spiro atoms. The van der Waals surface area contributed by atoms with Gasteiger partial charge in [0.1, 0.15) is 6.04 Å². The van der Waals surface area contributed by atoms with Crippen LogP contribution in [-0.4, -0.2) is 44.1 Å².